The second-order valence-electron chi connectivity index (χ2n) is 4.95. The van der Waals surface area contributed by atoms with E-state index in [1.165, 1.54) is 0 Å². The van der Waals surface area contributed by atoms with Gasteiger partial charge in [0.25, 0.3) is 0 Å². The number of sulfonamides is 1. The van der Waals surface area contributed by atoms with Gasteiger partial charge >= 0.3 is 0 Å². The Kier molecular flexibility index (Phi) is 4.15. The Morgan fingerprint density at radius 3 is 2.06 bits per heavy atom. The molecule has 0 amide bonds. The van der Waals surface area contributed by atoms with Crippen LogP contribution in [0.3, 0.4) is 0 Å². The van der Waals surface area contributed by atoms with Gasteiger partial charge in [-0.15, -0.1) is 0 Å². The highest BCUT2D eigenvalue weighted by molar-refractivity contribution is 7.89. The van der Waals surface area contributed by atoms with Gasteiger partial charge in [0, 0.05) is 0 Å². The lowest BCUT2D eigenvalue weighted by molar-refractivity contribution is 0.595. The molecule has 4 nitrogen and oxygen atoms in total. The molecule has 98 valence electrons. The monoisotopic (exact) mass is 266 g/mol. The zero-order valence-corrected chi connectivity index (χ0v) is 11.9. The fourth-order valence-electron chi connectivity index (χ4n) is 1.90. The van der Waals surface area contributed by atoms with Crippen molar-refractivity contribution < 1.29 is 8.42 Å². The summed E-state index contributed by atoms with van der Waals surface area (Å²) in [7, 11) is -3.82. The van der Waals surface area contributed by atoms with Crippen LogP contribution in [0.4, 0.5) is 0 Å². The van der Waals surface area contributed by atoms with Gasteiger partial charge in [-0.3, -0.25) is 0 Å². The molecule has 0 spiro atoms. The first kappa shape index (κ1) is 14.7. The third-order valence-corrected chi connectivity index (χ3v) is 3.79. The van der Waals surface area contributed by atoms with Gasteiger partial charge in [0.15, 0.2) is 0 Å². The van der Waals surface area contributed by atoms with Crippen LogP contribution in [0, 0.1) is 11.3 Å². The van der Waals surface area contributed by atoms with E-state index < -0.39 is 10.0 Å². The average Bonchev–Trinajstić information content (AvgIpc) is 2.25. The van der Waals surface area contributed by atoms with E-state index in [0.29, 0.717) is 11.1 Å². The van der Waals surface area contributed by atoms with Crippen LogP contribution >= 0.6 is 0 Å². The molecule has 18 heavy (non-hydrogen) atoms. The number of hydrogen-bond donors (Lipinski definition) is 1. The summed E-state index contributed by atoms with van der Waals surface area (Å²) < 4.78 is 23.3. The molecule has 0 aliphatic carbocycles. The Balaban J connectivity index is 3.76. The molecule has 0 fully saturated rings. The maximum Gasteiger partial charge on any atom is 0.238 e. The largest absolute Gasteiger partial charge is 0.238 e. The van der Waals surface area contributed by atoms with E-state index in [-0.39, 0.29) is 16.7 Å². The Morgan fingerprint density at radius 1 is 1.17 bits per heavy atom. The molecule has 1 rings (SSSR count). The van der Waals surface area contributed by atoms with Crippen molar-refractivity contribution in [3.05, 3.63) is 28.8 Å². The summed E-state index contributed by atoms with van der Waals surface area (Å²) in [6, 6.07) is 5.39. The number of benzene rings is 1. The van der Waals surface area contributed by atoms with Crippen molar-refractivity contribution in [2.45, 2.75) is 44.4 Å². The van der Waals surface area contributed by atoms with Gasteiger partial charge in [0.1, 0.15) is 0 Å². The number of hydrogen-bond acceptors (Lipinski definition) is 3. The second kappa shape index (κ2) is 5.09. The molecule has 0 unspecified atom stereocenters. The molecular formula is C13H18N2O2S. The number of nitriles is 1. The Bertz CT molecular complexity index is 596. The third kappa shape index (κ3) is 2.89. The number of rotatable bonds is 3. The summed E-state index contributed by atoms with van der Waals surface area (Å²) in [4.78, 5) is 0.0697. The van der Waals surface area contributed by atoms with Crippen molar-refractivity contribution in [3.8, 4) is 6.07 Å². The highest BCUT2D eigenvalue weighted by atomic mass is 32.2. The van der Waals surface area contributed by atoms with Crippen molar-refractivity contribution in [1.82, 2.24) is 0 Å². The topological polar surface area (TPSA) is 83.9 Å². The molecule has 0 aliphatic rings. The molecule has 5 heteroatoms. The van der Waals surface area contributed by atoms with Crippen molar-refractivity contribution in [2.75, 3.05) is 0 Å². The van der Waals surface area contributed by atoms with Gasteiger partial charge in [0.05, 0.1) is 16.5 Å². The molecule has 0 aliphatic heterocycles. The Hall–Kier alpha value is -1.38. The number of nitrogens with two attached hydrogens (primary N) is 1. The maximum atomic E-state index is 11.7. The average molecular weight is 266 g/mol. The van der Waals surface area contributed by atoms with Crippen LogP contribution in [-0.2, 0) is 10.0 Å². The molecule has 1 aromatic carbocycles. The van der Waals surface area contributed by atoms with Gasteiger partial charge in [0.2, 0.25) is 10.0 Å². The zero-order valence-electron chi connectivity index (χ0n) is 11.1. The molecule has 2 N–H and O–H groups in total. The summed E-state index contributed by atoms with van der Waals surface area (Å²) >= 11 is 0. The van der Waals surface area contributed by atoms with Crippen LogP contribution in [0.15, 0.2) is 17.0 Å². The minimum absolute atomic E-state index is 0.0697. The predicted molar refractivity (Wildman–Crippen MR) is 70.7 cm³/mol. The van der Waals surface area contributed by atoms with Gasteiger partial charge in [-0.05, 0) is 35.1 Å². The van der Waals surface area contributed by atoms with Crippen molar-refractivity contribution in [1.29, 1.82) is 5.26 Å². The first-order valence-corrected chi connectivity index (χ1v) is 7.33. The van der Waals surface area contributed by atoms with Gasteiger partial charge in [-0.25, -0.2) is 13.6 Å². The molecular weight excluding hydrogens is 248 g/mol. The van der Waals surface area contributed by atoms with Crippen LogP contribution in [0.1, 0.15) is 56.2 Å². The fourth-order valence-corrected chi connectivity index (χ4v) is 2.86. The van der Waals surface area contributed by atoms with Crippen LogP contribution in [0.2, 0.25) is 0 Å². The molecule has 1 aromatic rings. The molecule has 0 aromatic heterocycles. The van der Waals surface area contributed by atoms with E-state index in [1.54, 1.807) is 12.1 Å². The minimum Gasteiger partial charge on any atom is -0.225 e. The Labute approximate surface area is 108 Å². The normalized spacial score (nSPS) is 11.9. The first-order valence-electron chi connectivity index (χ1n) is 5.79. The maximum absolute atomic E-state index is 11.7. The third-order valence-electron chi connectivity index (χ3n) is 2.84. The van der Waals surface area contributed by atoms with Crippen LogP contribution < -0.4 is 5.14 Å². The minimum atomic E-state index is -3.82. The summed E-state index contributed by atoms with van der Waals surface area (Å²) in [5, 5.41) is 14.4. The highest BCUT2D eigenvalue weighted by Gasteiger charge is 2.21. The quantitative estimate of drug-likeness (QED) is 0.912. The van der Waals surface area contributed by atoms with Crippen LogP contribution in [-0.4, -0.2) is 8.42 Å². The van der Waals surface area contributed by atoms with Crippen molar-refractivity contribution >= 4 is 10.0 Å². The van der Waals surface area contributed by atoms with Gasteiger partial charge < -0.3 is 0 Å². The molecule has 0 saturated heterocycles. The summed E-state index contributed by atoms with van der Waals surface area (Å²) in [6.07, 6.45) is 0. The highest BCUT2D eigenvalue weighted by Crippen LogP contribution is 2.30. The predicted octanol–water partition coefficient (Wildman–Crippen LogP) is 2.45. The smallest absolute Gasteiger partial charge is 0.225 e. The summed E-state index contributed by atoms with van der Waals surface area (Å²) in [6.45, 7) is 7.58. The molecule has 0 heterocycles. The van der Waals surface area contributed by atoms with E-state index in [0.717, 1.165) is 5.56 Å². The fraction of sp³-hybridized carbons (Fsp3) is 0.462. The van der Waals surface area contributed by atoms with E-state index in [4.69, 9.17) is 5.14 Å². The van der Waals surface area contributed by atoms with E-state index in [2.05, 4.69) is 6.07 Å². The van der Waals surface area contributed by atoms with Crippen molar-refractivity contribution in [2.24, 2.45) is 5.14 Å². The van der Waals surface area contributed by atoms with E-state index >= 15 is 0 Å². The summed E-state index contributed by atoms with van der Waals surface area (Å²) in [5.74, 6) is 0.0630. The zero-order chi connectivity index (χ0) is 14.1. The number of primary sulfonamides is 1. The lowest BCUT2D eigenvalue weighted by atomic mass is 9.92. The number of nitrogens with zero attached hydrogens (tertiary/aromatic N) is 1. The Morgan fingerprint density at radius 2 is 1.72 bits per heavy atom. The first-order chi connectivity index (χ1) is 8.18. The second-order valence-corrected chi connectivity index (χ2v) is 6.48. The summed E-state index contributed by atoms with van der Waals surface area (Å²) in [5.41, 5.74) is 1.70. The van der Waals surface area contributed by atoms with E-state index in [1.807, 2.05) is 27.7 Å². The van der Waals surface area contributed by atoms with Gasteiger partial charge in [-0.2, -0.15) is 5.26 Å². The molecule has 0 bridgehead atoms. The van der Waals surface area contributed by atoms with Crippen LogP contribution in [0.5, 0.6) is 0 Å². The lowest BCUT2D eigenvalue weighted by Gasteiger charge is -2.16. The SMILES string of the molecule is CC(C)c1cc(C#N)c(C(C)C)c(S(N)(=O)=O)c1. The van der Waals surface area contributed by atoms with Gasteiger partial charge in [-0.1, -0.05) is 27.7 Å². The van der Waals surface area contributed by atoms with Crippen LogP contribution in [0.25, 0.3) is 0 Å². The molecule has 0 atom stereocenters. The molecule has 0 radical (unpaired) electrons. The lowest BCUT2D eigenvalue weighted by Crippen LogP contribution is -2.17. The van der Waals surface area contributed by atoms with E-state index in [9.17, 15) is 13.7 Å². The molecule has 0 saturated carbocycles. The standard InChI is InChI=1S/C13H18N2O2S/c1-8(2)10-5-11(7-14)13(9(3)4)12(6-10)18(15,16)17/h5-6,8-9H,1-4H3,(H2,15,16,17). The van der Waals surface area contributed by atoms with Crippen molar-refractivity contribution in [3.63, 3.8) is 0 Å².